The predicted octanol–water partition coefficient (Wildman–Crippen LogP) is -1.40. The molecular weight excluding hydrogens is 111 g/mol. The molecule has 0 bridgehead atoms. The fourth-order valence-electron chi connectivity index (χ4n) is 0.0454. The van der Waals surface area contributed by atoms with Crippen molar-refractivity contribution in [2.75, 3.05) is 0 Å². The summed E-state index contributed by atoms with van der Waals surface area (Å²) in [4.78, 5) is 25.0. The molecule has 0 aliphatic heterocycles. The van der Waals surface area contributed by atoms with E-state index in [4.69, 9.17) is 9.59 Å². The van der Waals surface area contributed by atoms with E-state index in [-0.39, 0.29) is 42.5 Å². The van der Waals surface area contributed by atoms with E-state index in [0.717, 1.165) is 0 Å². The first-order chi connectivity index (χ1) is 2.91. The van der Waals surface area contributed by atoms with Crippen LogP contribution >= 0.6 is 0 Å². The van der Waals surface area contributed by atoms with Crippen LogP contribution in [0.4, 0.5) is 0 Å². The molecule has 0 rings (SSSR count). The van der Waals surface area contributed by atoms with E-state index in [1.165, 1.54) is 0 Å². The van der Waals surface area contributed by atoms with Crippen molar-refractivity contribution in [1.82, 2.24) is 0 Å². The molecule has 0 radical (unpaired) electrons. The van der Waals surface area contributed by atoms with Gasteiger partial charge in [0.15, 0.2) is 0 Å². The zero-order valence-corrected chi connectivity index (χ0v) is 2.79. The molecule has 7 heavy (non-hydrogen) atoms. The number of carbonyl (C=O) groups is 2. The first-order valence-electron chi connectivity index (χ1n) is 1.11. The first kappa shape index (κ1) is 10.0. The van der Waals surface area contributed by atoms with Crippen LogP contribution in [-0.2, 0) is 19.4 Å². The molecule has 0 aliphatic carbocycles. The number of rotatable bonds is 3. The maximum atomic E-state index is 9.06. The van der Waals surface area contributed by atoms with Crippen LogP contribution in [0, 0.1) is 0 Å². The molecule has 0 aliphatic rings. The van der Waals surface area contributed by atoms with E-state index in [0.29, 0.717) is 0 Å². The van der Waals surface area contributed by atoms with Crippen LogP contribution in [0.25, 0.3) is 0 Å². The van der Waals surface area contributed by atoms with Gasteiger partial charge in [-0.05, 0) is 0 Å². The Bertz CT molecular complexity index is 45.7. The van der Waals surface area contributed by atoms with Gasteiger partial charge in [-0.25, -0.2) is 0 Å². The van der Waals surface area contributed by atoms with Gasteiger partial charge in [0, 0.05) is 0 Å². The van der Waals surface area contributed by atoms with Crippen LogP contribution in [0.1, 0.15) is 0 Å². The molecule has 0 unspecified atom stereocenters. The van der Waals surface area contributed by atoms with Crippen molar-refractivity contribution in [2.24, 2.45) is 0 Å². The fourth-order valence-corrected chi connectivity index (χ4v) is 0.0454. The van der Waals surface area contributed by atoms with Crippen LogP contribution in [0.2, 0.25) is 0 Å². The summed E-state index contributed by atoms with van der Waals surface area (Å²) in [7, 11) is 0. The predicted molar refractivity (Wildman–Crippen MR) is 21.4 cm³/mol. The molecule has 0 saturated heterocycles. The van der Waals surface area contributed by atoms with Crippen molar-refractivity contribution in [1.29, 1.82) is 0 Å². The van der Waals surface area contributed by atoms with E-state index in [1.54, 1.807) is 0 Å². The molecule has 0 N–H and O–H groups in total. The zero-order valence-electron chi connectivity index (χ0n) is 2.79. The van der Waals surface area contributed by atoms with E-state index in [9.17, 15) is 0 Å². The van der Waals surface area contributed by atoms with Gasteiger partial charge in [0.25, 0.3) is 0 Å². The molecule has 5 heteroatoms. The summed E-state index contributed by atoms with van der Waals surface area (Å²) >= 11 is 0. The minimum atomic E-state index is 0. The Morgan fingerprint density at radius 3 is 1.43 bits per heavy atom. The maximum absolute atomic E-state index is 9.06. The van der Waals surface area contributed by atoms with Crippen molar-refractivity contribution in [3.05, 3.63) is 0 Å². The van der Waals surface area contributed by atoms with E-state index >= 15 is 0 Å². The Morgan fingerprint density at radius 1 is 1.00 bits per heavy atom. The van der Waals surface area contributed by atoms with E-state index in [1.807, 2.05) is 0 Å². The molecular formula is C2H3NaO4. The topological polar surface area (TPSA) is 52.6 Å². The molecule has 0 aromatic carbocycles. The van der Waals surface area contributed by atoms with E-state index < -0.39 is 0 Å². The number of carbonyl (C=O) groups excluding carboxylic acids is 2. The van der Waals surface area contributed by atoms with Crippen molar-refractivity contribution in [3.63, 3.8) is 0 Å². The molecule has 0 aromatic heterocycles. The summed E-state index contributed by atoms with van der Waals surface area (Å²) in [6.45, 7) is 0.0167. The van der Waals surface area contributed by atoms with Gasteiger partial charge in [0.05, 0.1) is 0 Å². The van der Waals surface area contributed by atoms with Gasteiger partial charge in [0.2, 0.25) is 0 Å². The quantitative estimate of drug-likeness (QED) is 0.149. The first-order valence-corrected chi connectivity index (χ1v) is 1.11. The standard InChI is InChI=1S/C2H2O4.Na.H/c3-1-5-6-2-4;;/h1-2H;;. The Labute approximate surface area is 62.0 Å². The summed E-state index contributed by atoms with van der Waals surface area (Å²) in [5.74, 6) is 0. The molecule has 0 fully saturated rings. The van der Waals surface area contributed by atoms with E-state index in [2.05, 4.69) is 9.78 Å². The Kier molecular flexibility index (Phi) is 13.4. The average Bonchev–Trinajstić information content (AvgIpc) is 1.61. The van der Waals surface area contributed by atoms with Gasteiger partial charge in [-0.15, -0.1) is 0 Å². The molecule has 0 atom stereocenters. The Hall–Kier alpha value is -0.0600. The molecule has 0 heterocycles. The second-order valence-corrected chi connectivity index (χ2v) is 0.385. The Balaban J connectivity index is 0. The van der Waals surface area contributed by atoms with Crippen LogP contribution in [0.3, 0.4) is 0 Å². The van der Waals surface area contributed by atoms with Crippen LogP contribution in [0.15, 0.2) is 0 Å². The molecule has 0 saturated carbocycles. The average molecular weight is 114 g/mol. The summed E-state index contributed by atoms with van der Waals surface area (Å²) in [5, 5.41) is 0. The van der Waals surface area contributed by atoms with Crippen molar-refractivity contribution in [2.45, 2.75) is 0 Å². The fraction of sp³-hybridized carbons (Fsp3) is 0. The van der Waals surface area contributed by atoms with Crippen LogP contribution < -0.4 is 0 Å². The van der Waals surface area contributed by atoms with Crippen molar-refractivity contribution < 1.29 is 19.4 Å². The third-order valence-corrected chi connectivity index (χ3v) is 0.134. The van der Waals surface area contributed by atoms with Gasteiger partial charge in [-0.3, -0.25) is 19.4 Å². The van der Waals surface area contributed by atoms with Gasteiger partial charge in [-0.2, -0.15) is 0 Å². The zero-order chi connectivity index (χ0) is 4.83. The third-order valence-electron chi connectivity index (χ3n) is 0.134. The summed E-state index contributed by atoms with van der Waals surface area (Å²) in [5.41, 5.74) is 0. The second-order valence-electron chi connectivity index (χ2n) is 0.385. The second kappa shape index (κ2) is 9.34. The van der Waals surface area contributed by atoms with Crippen molar-refractivity contribution >= 4 is 42.5 Å². The van der Waals surface area contributed by atoms with Gasteiger partial charge >= 0.3 is 42.5 Å². The molecule has 0 aromatic rings. The summed E-state index contributed by atoms with van der Waals surface area (Å²) in [6, 6.07) is 0. The monoisotopic (exact) mass is 114 g/mol. The minimum absolute atomic E-state index is 0. The number of hydrogen-bond acceptors (Lipinski definition) is 4. The molecule has 0 amide bonds. The molecule has 4 nitrogen and oxygen atoms in total. The summed E-state index contributed by atoms with van der Waals surface area (Å²) in [6.07, 6.45) is 0. The number of hydrogen-bond donors (Lipinski definition) is 0. The Morgan fingerprint density at radius 2 is 1.29 bits per heavy atom. The van der Waals surface area contributed by atoms with Crippen LogP contribution in [0.5, 0.6) is 0 Å². The molecule has 36 valence electrons. The third kappa shape index (κ3) is 10.7. The van der Waals surface area contributed by atoms with Crippen LogP contribution in [-0.4, -0.2) is 42.5 Å². The summed E-state index contributed by atoms with van der Waals surface area (Å²) < 4.78 is 0. The van der Waals surface area contributed by atoms with Gasteiger partial charge in [0.1, 0.15) is 0 Å². The van der Waals surface area contributed by atoms with Gasteiger partial charge < -0.3 is 0 Å². The van der Waals surface area contributed by atoms with Gasteiger partial charge in [-0.1, -0.05) is 0 Å². The molecule has 0 spiro atoms. The van der Waals surface area contributed by atoms with Crippen molar-refractivity contribution in [3.8, 4) is 0 Å². The normalized spacial score (nSPS) is 5.14. The SMILES string of the molecule is O=COOC=O.[NaH].